The lowest BCUT2D eigenvalue weighted by Crippen LogP contribution is -2.32. The molecule has 0 unspecified atom stereocenters. The van der Waals surface area contributed by atoms with E-state index in [1.807, 2.05) is 6.92 Å². The Balaban J connectivity index is 2.12. The molecule has 138 valence electrons. The van der Waals surface area contributed by atoms with Crippen LogP contribution in [-0.4, -0.2) is 25.5 Å². The highest BCUT2D eigenvalue weighted by Gasteiger charge is 2.18. The van der Waals surface area contributed by atoms with Crippen molar-refractivity contribution in [3.05, 3.63) is 52.0 Å². The van der Waals surface area contributed by atoms with Crippen molar-refractivity contribution in [3.8, 4) is 5.75 Å². The summed E-state index contributed by atoms with van der Waals surface area (Å²) in [4.78, 5) is 25.8. The van der Waals surface area contributed by atoms with E-state index in [-0.39, 0.29) is 24.8 Å². The minimum absolute atomic E-state index is 0.112. The third-order valence-corrected chi connectivity index (χ3v) is 4.56. The zero-order chi connectivity index (χ0) is 19.3. The van der Waals surface area contributed by atoms with Crippen molar-refractivity contribution < 1.29 is 14.3 Å². The molecule has 0 bridgehead atoms. The van der Waals surface area contributed by atoms with Crippen LogP contribution in [-0.2, 0) is 9.59 Å². The van der Waals surface area contributed by atoms with E-state index < -0.39 is 0 Å². The van der Waals surface area contributed by atoms with Gasteiger partial charge in [0.2, 0.25) is 11.8 Å². The molecule has 0 heterocycles. The van der Waals surface area contributed by atoms with E-state index in [0.29, 0.717) is 27.2 Å². The van der Waals surface area contributed by atoms with Crippen LogP contribution in [0.25, 0.3) is 0 Å². The van der Waals surface area contributed by atoms with Crippen LogP contribution < -0.4 is 15.0 Å². The van der Waals surface area contributed by atoms with Gasteiger partial charge in [-0.2, -0.15) is 0 Å². The monoisotopic (exact) mass is 394 g/mol. The number of nitrogens with zero attached hydrogens (tertiary/aromatic N) is 1. The van der Waals surface area contributed by atoms with Gasteiger partial charge in [-0.3, -0.25) is 9.59 Å². The maximum absolute atomic E-state index is 12.3. The Bertz CT molecular complexity index is 824. The largest absolute Gasteiger partial charge is 0.495 e. The Morgan fingerprint density at radius 2 is 1.92 bits per heavy atom. The first kappa shape index (κ1) is 20.1. The number of anilines is 2. The highest BCUT2D eigenvalue weighted by atomic mass is 35.5. The number of methoxy groups -OCH3 is 1. The number of amides is 2. The van der Waals surface area contributed by atoms with Gasteiger partial charge in [0.15, 0.2) is 0 Å². The Labute approximate surface area is 162 Å². The van der Waals surface area contributed by atoms with Crippen LogP contribution in [0.1, 0.15) is 18.9 Å². The Morgan fingerprint density at radius 3 is 2.58 bits per heavy atom. The normalized spacial score (nSPS) is 10.3. The molecule has 0 fully saturated rings. The number of benzene rings is 2. The van der Waals surface area contributed by atoms with Crippen molar-refractivity contribution in [2.75, 3.05) is 23.9 Å². The number of carbonyl (C=O) groups is 2. The Kier molecular flexibility index (Phi) is 6.89. The summed E-state index contributed by atoms with van der Waals surface area (Å²) in [6.07, 6.45) is 0.112. The van der Waals surface area contributed by atoms with Crippen molar-refractivity contribution >= 4 is 46.4 Å². The summed E-state index contributed by atoms with van der Waals surface area (Å²) in [6.45, 7) is 3.45. The van der Waals surface area contributed by atoms with Crippen LogP contribution in [0.3, 0.4) is 0 Å². The first-order chi connectivity index (χ1) is 12.3. The fourth-order valence-electron chi connectivity index (χ4n) is 2.49. The molecule has 2 amide bonds. The average molecular weight is 395 g/mol. The predicted molar refractivity (Wildman–Crippen MR) is 105 cm³/mol. The van der Waals surface area contributed by atoms with Crippen molar-refractivity contribution in [2.45, 2.75) is 20.3 Å². The lowest BCUT2D eigenvalue weighted by molar-refractivity contribution is -0.117. The molecule has 0 aliphatic rings. The molecule has 7 heteroatoms. The maximum atomic E-state index is 12.3. The fourth-order valence-corrected chi connectivity index (χ4v) is 2.83. The number of hydrogen-bond acceptors (Lipinski definition) is 3. The second kappa shape index (κ2) is 8.92. The summed E-state index contributed by atoms with van der Waals surface area (Å²) in [7, 11) is 1.51. The number of halogens is 2. The van der Waals surface area contributed by atoms with Gasteiger partial charge in [-0.1, -0.05) is 29.3 Å². The van der Waals surface area contributed by atoms with Gasteiger partial charge in [0.05, 0.1) is 12.8 Å². The SMILES string of the molecule is COc1ccc(Cl)cc1N(CCC(=O)Nc1cccc(Cl)c1C)C(C)=O. The van der Waals surface area contributed by atoms with Crippen LogP contribution in [0.4, 0.5) is 11.4 Å². The van der Waals surface area contributed by atoms with Gasteiger partial charge in [0, 0.05) is 35.6 Å². The summed E-state index contributed by atoms with van der Waals surface area (Å²) in [6, 6.07) is 10.3. The van der Waals surface area contributed by atoms with Gasteiger partial charge >= 0.3 is 0 Å². The first-order valence-corrected chi connectivity index (χ1v) is 8.75. The third-order valence-electron chi connectivity index (χ3n) is 3.92. The smallest absolute Gasteiger partial charge is 0.226 e. The molecule has 0 aromatic heterocycles. The van der Waals surface area contributed by atoms with Gasteiger partial charge in [-0.15, -0.1) is 0 Å². The molecule has 2 aromatic carbocycles. The van der Waals surface area contributed by atoms with E-state index >= 15 is 0 Å². The van der Waals surface area contributed by atoms with E-state index in [1.54, 1.807) is 36.4 Å². The molecular formula is C19H20Cl2N2O3. The molecule has 0 atom stereocenters. The van der Waals surface area contributed by atoms with Gasteiger partial charge in [-0.05, 0) is 42.8 Å². The standard InChI is InChI=1S/C19H20Cl2N2O3/c1-12-15(21)5-4-6-16(12)22-19(25)9-10-23(13(2)24)17-11-14(20)7-8-18(17)26-3/h4-8,11H,9-10H2,1-3H3,(H,22,25). The van der Waals surface area contributed by atoms with E-state index in [9.17, 15) is 9.59 Å². The van der Waals surface area contributed by atoms with E-state index in [4.69, 9.17) is 27.9 Å². The zero-order valence-electron chi connectivity index (χ0n) is 14.8. The van der Waals surface area contributed by atoms with Crippen LogP contribution in [0.15, 0.2) is 36.4 Å². The predicted octanol–water partition coefficient (Wildman–Crippen LogP) is 4.69. The van der Waals surface area contributed by atoms with E-state index in [2.05, 4.69) is 5.32 Å². The zero-order valence-corrected chi connectivity index (χ0v) is 16.3. The molecule has 0 aliphatic heterocycles. The molecule has 0 radical (unpaired) electrons. The van der Waals surface area contributed by atoms with Crippen molar-refractivity contribution in [2.24, 2.45) is 0 Å². The van der Waals surface area contributed by atoms with Crippen molar-refractivity contribution in [3.63, 3.8) is 0 Å². The Hall–Kier alpha value is -2.24. The maximum Gasteiger partial charge on any atom is 0.226 e. The first-order valence-electron chi connectivity index (χ1n) is 8.00. The van der Waals surface area contributed by atoms with Crippen molar-refractivity contribution in [1.82, 2.24) is 0 Å². The second-order valence-electron chi connectivity index (χ2n) is 5.70. The number of carbonyl (C=O) groups excluding carboxylic acids is 2. The summed E-state index contributed by atoms with van der Waals surface area (Å²) in [5, 5.41) is 3.88. The van der Waals surface area contributed by atoms with Crippen LogP contribution in [0, 0.1) is 6.92 Å². The van der Waals surface area contributed by atoms with Crippen LogP contribution in [0.2, 0.25) is 10.0 Å². The lowest BCUT2D eigenvalue weighted by Gasteiger charge is -2.23. The third kappa shape index (κ3) is 4.90. The quantitative estimate of drug-likeness (QED) is 0.772. The van der Waals surface area contributed by atoms with Gasteiger partial charge < -0.3 is 15.0 Å². The van der Waals surface area contributed by atoms with Crippen molar-refractivity contribution in [1.29, 1.82) is 0 Å². The molecule has 0 spiro atoms. The highest BCUT2D eigenvalue weighted by molar-refractivity contribution is 6.32. The van der Waals surface area contributed by atoms with Gasteiger partial charge in [-0.25, -0.2) is 0 Å². The molecule has 0 saturated carbocycles. The van der Waals surface area contributed by atoms with Gasteiger partial charge in [0.1, 0.15) is 5.75 Å². The number of nitrogens with one attached hydrogen (secondary N) is 1. The van der Waals surface area contributed by atoms with Gasteiger partial charge in [0.25, 0.3) is 0 Å². The Morgan fingerprint density at radius 1 is 1.19 bits per heavy atom. The molecule has 5 nitrogen and oxygen atoms in total. The number of hydrogen-bond donors (Lipinski definition) is 1. The molecule has 2 aromatic rings. The van der Waals surface area contributed by atoms with Crippen LogP contribution in [0.5, 0.6) is 5.75 Å². The number of ether oxygens (including phenoxy) is 1. The molecule has 26 heavy (non-hydrogen) atoms. The van der Waals surface area contributed by atoms with E-state index in [1.165, 1.54) is 18.9 Å². The topological polar surface area (TPSA) is 58.6 Å². The summed E-state index contributed by atoms with van der Waals surface area (Å²) < 4.78 is 5.30. The molecule has 0 aliphatic carbocycles. The highest BCUT2D eigenvalue weighted by Crippen LogP contribution is 2.31. The summed E-state index contributed by atoms with van der Waals surface area (Å²) >= 11 is 12.1. The summed E-state index contributed by atoms with van der Waals surface area (Å²) in [5.41, 5.74) is 1.97. The molecular weight excluding hydrogens is 375 g/mol. The molecule has 1 N–H and O–H groups in total. The molecule has 2 rings (SSSR count). The minimum atomic E-state index is -0.220. The minimum Gasteiger partial charge on any atom is -0.495 e. The van der Waals surface area contributed by atoms with Crippen LogP contribution >= 0.6 is 23.2 Å². The lowest BCUT2D eigenvalue weighted by atomic mass is 10.2. The fraction of sp³-hybridized carbons (Fsp3) is 0.263. The molecule has 0 saturated heterocycles. The van der Waals surface area contributed by atoms with E-state index in [0.717, 1.165) is 5.56 Å². The second-order valence-corrected chi connectivity index (χ2v) is 6.54. The number of rotatable bonds is 6. The summed E-state index contributed by atoms with van der Waals surface area (Å²) in [5.74, 6) is 0.0793. The average Bonchev–Trinajstić information content (AvgIpc) is 2.59.